The Hall–Kier alpha value is -0.460. The summed E-state index contributed by atoms with van der Waals surface area (Å²) in [5.74, 6) is 0.914. The van der Waals surface area contributed by atoms with E-state index in [1.807, 2.05) is 11.3 Å². The molecule has 3 rings (SSSR count). The van der Waals surface area contributed by atoms with Gasteiger partial charge in [-0.15, -0.1) is 35.3 Å². The lowest BCUT2D eigenvalue weighted by atomic mass is 10.1. The minimum atomic E-state index is 0. The van der Waals surface area contributed by atoms with Gasteiger partial charge in [0.1, 0.15) is 0 Å². The number of ether oxygens (including phenoxy) is 2. The van der Waals surface area contributed by atoms with E-state index >= 15 is 0 Å². The lowest BCUT2D eigenvalue weighted by molar-refractivity contribution is -0.0327. The van der Waals surface area contributed by atoms with E-state index in [0.717, 1.165) is 84.6 Å². The lowest BCUT2D eigenvalue weighted by Crippen LogP contribution is -2.44. The third-order valence-corrected chi connectivity index (χ3v) is 6.37. The maximum atomic E-state index is 5.74. The highest BCUT2D eigenvalue weighted by Gasteiger charge is 2.26. The summed E-state index contributed by atoms with van der Waals surface area (Å²) >= 11 is 1.82. The highest BCUT2D eigenvalue weighted by molar-refractivity contribution is 14.0. The molecule has 7 nitrogen and oxygen atoms in total. The van der Waals surface area contributed by atoms with Crippen LogP contribution in [0.15, 0.2) is 22.5 Å². The van der Waals surface area contributed by atoms with Crippen molar-refractivity contribution in [1.82, 2.24) is 20.4 Å². The quantitative estimate of drug-likeness (QED) is 0.213. The van der Waals surface area contributed by atoms with Gasteiger partial charge in [-0.25, -0.2) is 0 Å². The van der Waals surface area contributed by atoms with Gasteiger partial charge >= 0.3 is 0 Å². The molecule has 1 aromatic heterocycles. The van der Waals surface area contributed by atoms with Gasteiger partial charge in [0.2, 0.25) is 0 Å². The number of rotatable bonds is 9. The third kappa shape index (κ3) is 8.58. The van der Waals surface area contributed by atoms with Crippen molar-refractivity contribution in [2.45, 2.75) is 32.4 Å². The Morgan fingerprint density at radius 1 is 1.27 bits per heavy atom. The molecule has 172 valence electrons. The summed E-state index contributed by atoms with van der Waals surface area (Å²) in [6.45, 7) is 14.5. The highest BCUT2D eigenvalue weighted by atomic mass is 127. The molecule has 3 heterocycles. The zero-order valence-corrected chi connectivity index (χ0v) is 21.5. The number of guanidine groups is 1. The summed E-state index contributed by atoms with van der Waals surface area (Å²) in [7, 11) is 0. The van der Waals surface area contributed by atoms with Crippen molar-refractivity contribution in [3.05, 3.63) is 22.4 Å². The van der Waals surface area contributed by atoms with Crippen LogP contribution in [-0.4, -0.2) is 94.0 Å². The van der Waals surface area contributed by atoms with Crippen LogP contribution in [0.25, 0.3) is 0 Å². The number of hydrogen-bond acceptors (Lipinski definition) is 6. The fourth-order valence-electron chi connectivity index (χ4n) is 3.85. The molecule has 2 fully saturated rings. The molecular formula is C21H38IN5O2S. The number of hydrogen-bond donors (Lipinski definition) is 2. The molecule has 2 saturated heterocycles. The first kappa shape index (κ1) is 25.8. The van der Waals surface area contributed by atoms with Gasteiger partial charge in [0, 0.05) is 44.1 Å². The molecule has 2 unspecified atom stereocenters. The summed E-state index contributed by atoms with van der Waals surface area (Å²) in [4.78, 5) is 11.3. The minimum Gasteiger partial charge on any atom is -0.379 e. The fourth-order valence-corrected chi connectivity index (χ4v) is 4.70. The van der Waals surface area contributed by atoms with Gasteiger partial charge in [0.05, 0.1) is 38.5 Å². The first-order chi connectivity index (χ1) is 14.3. The third-order valence-electron chi connectivity index (χ3n) is 5.40. The van der Waals surface area contributed by atoms with Crippen molar-refractivity contribution in [3.8, 4) is 0 Å². The smallest absolute Gasteiger partial charge is 0.191 e. The lowest BCUT2D eigenvalue weighted by Gasteiger charge is -2.36. The number of morpholine rings is 2. The Labute approximate surface area is 202 Å². The van der Waals surface area contributed by atoms with Crippen molar-refractivity contribution < 1.29 is 9.47 Å². The molecule has 2 aliphatic rings. The SMILES string of the molecule is CCNC(=NCC(c1cccs1)N1CCOC(C)C1)NCCCN1CCOCC1.I. The topological polar surface area (TPSA) is 61.4 Å². The van der Waals surface area contributed by atoms with Crippen LogP contribution in [0, 0.1) is 0 Å². The van der Waals surface area contributed by atoms with Gasteiger partial charge < -0.3 is 20.1 Å². The molecule has 0 aliphatic carbocycles. The molecule has 2 aliphatic heterocycles. The zero-order valence-electron chi connectivity index (χ0n) is 18.3. The summed E-state index contributed by atoms with van der Waals surface area (Å²) < 4.78 is 11.2. The van der Waals surface area contributed by atoms with Crippen LogP contribution in [0.1, 0.15) is 31.2 Å². The molecular weight excluding hydrogens is 513 g/mol. The van der Waals surface area contributed by atoms with Gasteiger partial charge in [-0.05, 0) is 38.3 Å². The van der Waals surface area contributed by atoms with Gasteiger partial charge in [0.15, 0.2) is 5.96 Å². The van der Waals surface area contributed by atoms with E-state index in [4.69, 9.17) is 14.5 Å². The van der Waals surface area contributed by atoms with E-state index in [2.05, 4.69) is 51.8 Å². The van der Waals surface area contributed by atoms with Crippen LogP contribution < -0.4 is 10.6 Å². The second kappa shape index (κ2) is 14.6. The Balaban J connectivity index is 0.00000320. The van der Waals surface area contributed by atoms with Gasteiger partial charge in [-0.3, -0.25) is 14.8 Å². The number of aliphatic imine (C=N–C) groups is 1. The van der Waals surface area contributed by atoms with E-state index in [9.17, 15) is 0 Å². The molecule has 0 aromatic carbocycles. The second-order valence-electron chi connectivity index (χ2n) is 7.66. The van der Waals surface area contributed by atoms with Crippen LogP contribution in [0.2, 0.25) is 0 Å². The zero-order chi connectivity index (χ0) is 20.3. The van der Waals surface area contributed by atoms with Crippen molar-refractivity contribution >= 4 is 41.3 Å². The standard InChI is InChI=1S/C21H37N5O2S.HI/c1-3-22-21(23-7-5-8-25-9-12-27-13-10-25)24-16-19(20-6-4-15-29-20)26-11-14-28-18(2)17-26;/h4,6,15,18-19H,3,5,7-14,16-17H2,1-2H3,(H2,22,23,24);1H. The Morgan fingerprint density at radius 3 is 2.80 bits per heavy atom. The maximum Gasteiger partial charge on any atom is 0.191 e. The summed E-state index contributed by atoms with van der Waals surface area (Å²) in [6, 6.07) is 4.67. The molecule has 2 atom stereocenters. The molecule has 30 heavy (non-hydrogen) atoms. The molecule has 0 bridgehead atoms. The largest absolute Gasteiger partial charge is 0.379 e. The second-order valence-corrected chi connectivity index (χ2v) is 8.64. The Morgan fingerprint density at radius 2 is 2.10 bits per heavy atom. The van der Waals surface area contributed by atoms with Crippen LogP contribution in [0.5, 0.6) is 0 Å². The Bertz CT molecular complexity index is 598. The predicted octanol–water partition coefficient (Wildman–Crippen LogP) is 2.41. The number of halogens is 1. The summed E-state index contributed by atoms with van der Waals surface area (Å²) in [5.41, 5.74) is 0. The maximum absolute atomic E-state index is 5.74. The molecule has 0 spiro atoms. The molecule has 0 amide bonds. The average Bonchev–Trinajstić information content (AvgIpc) is 3.26. The molecule has 0 saturated carbocycles. The van der Waals surface area contributed by atoms with E-state index < -0.39 is 0 Å². The summed E-state index contributed by atoms with van der Waals surface area (Å²) in [5, 5.41) is 9.07. The fraction of sp³-hybridized carbons (Fsp3) is 0.762. The highest BCUT2D eigenvalue weighted by Crippen LogP contribution is 2.27. The van der Waals surface area contributed by atoms with Gasteiger partial charge in [0.25, 0.3) is 0 Å². The number of thiophene rings is 1. The van der Waals surface area contributed by atoms with E-state index in [1.54, 1.807) is 0 Å². The predicted molar refractivity (Wildman–Crippen MR) is 135 cm³/mol. The van der Waals surface area contributed by atoms with Crippen molar-refractivity contribution in [2.24, 2.45) is 4.99 Å². The van der Waals surface area contributed by atoms with Crippen molar-refractivity contribution in [2.75, 3.05) is 72.2 Å². The van der Waals surface area contributed by atoms with Crippen molar-refractivity contribution in [1.29, 1.82) is 0 Å². The first-order valence-corrected chi connectivity index (χ1v) is 11.9. The molecule has 1 aromatic rings. The van der Waals surface area contributed by atoms with Crippen LogP contribution >= 0.6 is 35.3 Å². The van der Waals surface area contributed by atoms with Crippen molar-refractivity contribution in [3.63, 3.8) is 0 Å². The van der Waals surface area contributed by atoms with Crippen LogP contribution in [0.4, 0.5) is 0 Å². The van der Waals surface area contributed by atoms with E-state index in [1.165, 1.54) is 4.88 Å². The van der Waals surface area contributed by atoms with Crippen LogP contribution in [0.3, 0.4) is 0 Å². The monoisotopic (exact) mass is 551 g/mol. The Kier molecular flexibility index (Phi) is 12.5. The molecule has 2 N–H and O–H groups in total. The van der Waals surface area contributed by atoms with E-state index in [-0.39, 0.29) is 30.1 Å². The van der Waals surface area contributed by atoms with Crippen LogP contribution in [-0.2, 0) is 9.47 Å². The minimum absolute atomic E-state index is 0. The van der Waals surface area contributed by atoms with Gasteiger partial charge in [-0.1, -0.05) is 6.07 Å². The van der Waals surface area contributed by atoms with E-state index in [0.29, 0.717) is 6.04 Å². The normalized spacial score (nSPS) is 22.3. The molecule has 0 radical (unpaired) electrons. The molecule has 9 heteroatoms. The average molecular weight is 552 g/mol. The summed E-state index contributed by atoms with van der Waals surface area (Å²) in [6.07, 6.45) is 1.39. The van der Waals surface area contributed by atoms with Gasteiger partial charge in [-0.2, -0.15) is 0 Å². The first-order valence-electron chi connectivity index (χ1n) is 11.0. The number of nitrogens with zero attached hydrogens (tertiary/aromatic N) is 3. The number of nitrogens with one attached hydrogen (secondary N) is 2.